The quantitative estimate of drug-likeness (QED) is 0.220. The Morgan fingerprint density at radius 2 is 1.73 bits per heavy atom. The molecule has 1 aliphatic carbocycles. The fourth-order valence-corrected chi connectivity index (χ4v) is 8.12. The van der Waals surface area contributed by atoms with Gasteiger partial charge >= 0.3 is 6.03 Å². The molecule has 13 heteroatoms. The van der Waals surface area contributed by atoms with Gasteiger partial charge in [0.25, 0.3) is 5.91 Å². The number of nitrogens with zero attached hydrogens (tertiary/aromatic N) is 2. The second kappa shape index (κ2) is 16.7. The van der Waals surface area contributed by atoms with Crippen LogP contribution in [0.3, 0.4) is 0 Å². The summed E-state index contributed by atoms with van der Waals surface area (Å²) in [6.07, 6.45) is 6.33. The van der Waals surface area contributed by atoms with Crippen molar-refractivity contribution in [2.24, 2.45) is 28.1 Å². The summed E-state index contributed by atoms with van der Waals surface area (Å²) in [7, 11) is 0. The Labute approximate surface area is 310 Å². The number of ketones is 1. The van der Waals surface area contributed by atoms with Gasteiger partial charge in [-0.15, -0.1) is 6.58 Å². The molecule has 52 heavy (non-hydrogen) atoms. The summed E-state index contributed by atoms with van der Waals surface area (Å²) < 4.78 is 6.18. The van der Waals surface area contributed by atoms with Crippen LogP contribution in [-0.4, -0.2) is 108 Å². The van der Waals surface area contributed by atoms with E-state index in [1.54, 1.807) is 6.92 Å². The molecule has 0 spiro atoms. The molecule has 4 aliphatic rings. The summed E-state index contributed by atoms with van der Waals surface area (Å²) in [6.45, 7) is 21.4. The highest BCUT2D eigenvalue weighted by Crippen LogP contribution is 2.65. The Balaban J connectivity index is 1.57. The number of nitrogens with one attached hydrogen (secondary N) is 4. The van der Waals surface area contributed by atoms with Gasteiger partial charge in [-0.1, -0.05) is 80.2 Å². The minimum Gasteiger partial charge on any atom is -0.376 e. The van der Waals surface area contributed by atoms with E-state index in [2.05, 4.69) is 55.5 Å². The topological polar surface area (TPSA) is 166 Å². The van der Waals surface area contributed by atoms with Crippen molar-refractivity contribution in [2.75, 3.05) is 32.8 Å². The van der Waals surface area contributed by atoms with Crippen LogP contribution in [0.25, 0.3) is 0 Å². The van der Waals surface area contributed by atoms with E-state index in [-0.39, 0.29) is 35.1 Å². The third kappa shape index (κ3) is 9.93. The molecule has 3 heterocycles. The van der Waals surface area contributed by atoms with Gasteiger partial charge in [-0.2, -0.15) is 0 Å². The molecule has 4 N–H and O–H groups in total. The monoisotopic (exact) mass is 728 g/mol. The van der Waals surface area contributed by atoms with Crippen LogP contribution in [0.1, 0.15) is 107 Å². The Hall–Kier alpha value is -3.48. The Bertz CT molecular complexity index is 1370. The zero-order valence-electron chi connectivity index (χ0n) is 32.8. The van der Waals surface area contributed by atoms with Gasteiger partial charge in [-0.05, 0) is 54.3 Å². The lowest BCUT2D eigenvalue weighted by molar-refractivity contribution is -0.146. The number of amides is 6. The average Bonchev–Trinajstić information content (AvgIpc) is 3.36. The molecule has 3 aliphatic heterocycles. The van der Waals surface area contributed by atoms with Gasteiger partial charge in [-0.3, -0.25) is 24.0 Å². The summed E-state index contributed by atoms with van der Waals surface area (Å²) in [5.74, 6) is -2.46. The van der Waals surface area contributed by atoms with Crippen LogP contribution in [0.2, 0.25) is 0 Å². The summed E-state index contributed by atoms with van der Waals surface area (Å²) >= 11 is 0. The van der Waals surface area contributed by atoms with Gasteiger partial charge < -0.3 is 35.8 Å². The molecule has 4 rings (SSSR count). The van der Waals surface area contributed by atoms with Crippen molar-refractivity contribution < 1.29 is 33.5 Å². The third-order valence-electron chi connectivity index (χ3n) is 11.9. The van der Waals surface area contributed by atoms with Crippen molar-refractivity contribution in [1.29, 1.82) is 0 Å². The number of Topliss-reactive ketones (excluding diaryl/α,β-unsaturated/α-hetero) is 1. The number of urea groups is 1. The molecule has 3 saturated heterocycles. The number of hydrogen-bond donors (Lipinski definition) is 4. The minimum atomic E-state index is -1.11. The molecular weight excluding hydrogens is 664 g/mol. The smallest absolute Gasteiger partial charge is 0.315 e. The minimum absolute atomic E-state index is 0.0577. The number of rotatable bonds is 8. The van der Waals surface area contributed by atoms with E-state index in [0.29, 0.717) is 45.5 Å². The molecule has 0 aromatic carbocycles. The van der Waals surface area contributed by atoms with Crippen LogP contribution in [0, 0.1) is 28.1 Å². The second-order valence-electron chi connectivity index (χ2n) is 17.9. The van der Waals surface area contributed by atoms with Gasteiger partial charge in [0.05, 0.1) is 18.2 Å². The number of carbonyl (C=O) groups is 6. The molecule has 6 amide bonds. The maximum absolute atomic E-state index is 14.6. The van der Waals surface area contributed by atoms with Gasteiger partial charge in [0.1, 0.15) is 12.1 Å². The first-order chi connectivity index (χ1) is 24.3. The summed E-state index contributed by atoms with van der Waals surface area (Å²) in [5.41, 5.74) is -0.671. The maximum atomic E-state index is 14.6. The molecule has 0 radical (unpaired) electrons. The maximum Gasteiger partial charge on any atom is 0.315 e. The second-order valence-corrected chi connectivity index (χ2v) is 17.9. The lowest BCUT2D eigenvalue weighted by atomic mass is 9.81. The highest BCUT2D eigenvalue weighted by atomic mass is 16.5. The van der Waals surface area contributed by atoms with Crippen LogP contribution in [0.4, 0.5) is 4.79 Å². The van der Waals surface area contributed by atoms with E-state index in [1.807, 2.05) is 25.7 Å². The van der Waals surface area contributed by atoms with Gasteiger partial charge in [-0.25, -0.2) is 4.79 Å². The van der Waals surface area contributed by atoms with E-state index in [9.17, 15) is 28.8 Å². The number of piperidine rings is 2. The van der Waals surface area contributed by atoms with Gasteiger partial charge in [0.2, 0.25) is 23.5 Å². The molecule has 13 nitrogen and oxygen atoms in total. The standard InChI is InChI=1S/C39H64N6O7/c1-10-18-40-34(49)32(47)26-16-14-12-11-13-15-20-52-24(2)30(35(50)45-22-25-29(39(25,8)9)31(45)33(48)41-26)43-36(51)42-27(37(3,4)5)23-44-19-17-38(6,7)21-28(44)46/h10,24-27,29-31H,1,11-23H2,2-9H3,(H,40,49)(H,41,48)(H2,42,43,51)/t24-,25-,26+,27+,29-,30?,31-/m0/s1. The number of fused-ring (bicyclic) bond motifs is 3. The zero-order valence-corrected chi connectivity index (χ0v) is 32.8. The lowest BCUT2D eigenvalue weighted by Crippen LogP contribution is -2.63. The number of ether oxygens (including phenoxy) is 1. The Morgan fingerprint density at radius 1 is 1.06 bits per heavy atom. The molecule has 7 atom stereocenters. The normalized spacial score (nSPS) is 30.3. The van der Waals surface area contributed by atoms with E-state index < -0.39 is 65.2 Å². The van der Waals surface area contributed by atoms with E-state index in [1.165, 1.54) is 11.0 Å². The summed E-state index contributed by atoms with van der Waals surface area (Å²) in [6, 6.07) is -3.99. The van der Waals surface area contributed by atoms with E-state index in [0.717, 1.165) is 32.1 Å². The Kier molecular flexibility index (Phi) is 13.2. The summed E-state index contributed by atoms with van der Waals surface area (Å²) in [5, 5.41) is 11.4. The first-order valence-electron chi connectivity index (χ1n) is 19.3. The summed E-state index contributed by atoms with van der Waals surface area (Å²) in [4.78, 5) is 84.9. The molecule has 0 aromatic rings. The fourth-order valence-electron chi connectivity index (χ4n) is 8.12. The van der Waals surface area contributed by atoms with Crippen LogP contribution in [-0.2, 0) is 28.7 Å². The Morgan fingerprint density at radius 3 is 2.38 bits per heavy atom. The number of carbonyl (C=O) groups excluding carboxylic acids is 6. The third-order valence-corrected chi connectivity index (χ3v) is 11.9. The predicted molar refractivity (Wildman–Crippen MR) is 198 cm³/mol. The first-order valence-corrected chi connectivity index (χ1v) is 19.3. The van der Waals surface area contributed by atoms with Crippen LogP contribution < -0.4 is 21.3 Å². The molecule has 292 valence electrons. The van der Waals surface area contributed by atoms with Crippen LogP contribution in [0.15, 0.2) is 12.7 Å². The van der Waals surface area contributed by atoms with Crippen LogP contribution >= 0.6 is 0 Å². The fraction of sp³-hybridized carbons (Fsp3) is 0.795. The molecule has 0 bridgehead atoms. The number of hydrogen-bond acceptors (Lipinski definition) is 7. The molecule has 1 unspecified atom stereocenters. The van der Waals surface area contributed by atoms with Gasteiger partial charge in [0, 0.05) is 39.2 Å². The van der Waals surface area contributed by atoms with E-state index in [4.69, 9.17) is 4.74 Å². The van der Waals surface area contributed by atoms with Crippen molar-refractivity contribution >= 4 is 35.4 Å². The zero-order chi connectivity index (χ0) is 38.6. The number of likely N-dealkylation sites (tertiary alicyclic amines) is 1. The van der Waals surface area contributed by atoms with Crippen LogP contribution in [0.5, 0.6) is 0 Å². The molecular formula is C39H64N6O7. The van der Waals surface area contributed by atoms with Crippen molar-refractivity contribution in [1.82, 2.24) is 31.1 Å². The van der Waals surface area contributed by atoms with Crippen molar-refractivity contribution in [3.63, 3.8) is 0 Å². The van der Waals surface area contributed by atoms with E-state index >= 15 is 0 Å². The average molecular weight is 729 g/mol. The molecule has 4 fully saturated rings. The van der Waals surface area contributed by atoms with Crippen molar-refractivity contribution in [2.45, 2.75) is 137 Å². The van der Waals surface area contributed by atoms with Gasteiger partial charge in [0.15, 0.2) is 0 Å². The predicted octanol–water partition coefficient (Wildman–Crippen LogP) is 3.32. The highest BCUT2D eigenvalue weighted by molar-refractivity contribution is 6.38. The highest BCUT2D eigenvalue weighted by Gasteiger charge is 2.69. The van der Waals surface area contributed by atoms with Crippen molar-refractivity contribution in [3.8, 4) is 0 Å². The van der Waals surface area contributed by atoms with Crippen molar-refractivity contribution in [3.05, 3.63) is 12.7 Å². The molecule has 0 aromatic heterocycles. The largest absolute Gasteiger partial charge is 0.376 e. The first kappa shape index (κ1) is 41.3. The SMILES string of the molecule is C=CCNC(=O)C(=O)[C@H]1CCCCCCCO[C@@H](C)C(NC(=O)N[C@H](CN2CCC(C)(C)CC2=O)C(C)(C)C)C(=O)N2C[C@H]3[C@@H]([C@H]2C(=O)N1)C3(C)C. The lowest BCUT2D eigenvalue weighted by Gasteiger charge is -2.41. The molecule has 1 saturated carbocycles.